The molecular formula is C18H27N3O4S. The summed E-state index contributed by atoms with van der Waals surface area (Å²) in [6.07, 6.45) is 1.57. The minimum absolute atomic E-state index is 0.0901. The smallest absolute Gasteiger partial charge is 0.244 e. The van der Waals surface area contributed by atoms with E-state index in [1.54, 1.807) is 10.9 Å². The van der Waals surface area contributed by atoms with E-state index < -0.39 is 15.4 Å². The van der Waals surface area contributed by atoms with Gasteiger partial charge < -0.3 is 9.84 Å². The van der Waals surface area contributed by atoms with Gasteiger partial charge >= 0.3 is 0 Å². The minimum atomic E-state index is -3.71. The number of rotatable bonds is 9. The predicted octanol–water partition coefficient (Wildman–Crippen LogP) is 1.52. The van der Waals surface area contributed by atoms with E-state index >= 15 is 0 Å². The molecule has 0 saturated heterocycles. The van der Waals surface area contributed by atoms with Crippen LogP contribution in [0.4, 0.5) is 0 Å². The molecule has 0 saturated carbocycles. The highest BCUT2D eigenvalue weighted by Crippen LogP contribution is 2.27. The van der Waals surface area contributed by atoms with Crippen molar-refractivity contribution < 1.29 is 18.3 Å². The summed E-state index contributed by atoms with van der Waals surface area (Å²) in [5.74, 6) is 0. The number of benzene rings is 1. The molecule has 1 aromatic carbocycles. The maximum absolute atomic E-state index is 12.7. The van der Waals surface area contributed by atoms with Gasteiger partial charge in [-0.3, -0.25) is 4.68 Å². The number of sulfonamides is 1. The SMILES string of the molecule is CC(C)(C)c1nn(Cc2ccccc2)cc1S(=O)(=O)NCCOCCO. The van der Waals surface area contributed by atoms with E-state index in [9.17, 15) is 8.42 Å². The van der Waals surface area contributed by atoms with Gasteiger partial charge in [-0.15, -0.1) is 0 Å². The van der Waals surface area contributed by atoms with E-state index in [1.807, 2.05) is 51.1 Å². The van der Waals surface area contributed by atoms with Crippen molar-refractivity contribution in [2.45, 2.75) is 37.6 Å². The molecule has 2 aromatic rings. The molecule has 0 aliphatic carbocycles. The number of hydrogen-bond donors (Lipinski definition) is 2. The molecule has 0 amide bonds. The molecule has 0 aliphatic rings. The normalized spacial score (nSPS) is 12.5. The van der Waals surface area contributed by atoms with Gasteiger partial charge in [0.25, 0.3) is 0 Å². The summed E-state index contributed by atoms with van der Waals surface area (Å²) in [5, 5.41) is 13.2. The number of aliphatic hydroxyl groups excluding tert-OH is 1. The van der Waals surface area contributed by atoms with Gasteiger partial charge in [0, 0.05) is 18.2 Å². The molecule has 26 heavy (non-hydrogen) atoms. The zero-order valence-corrected chi connectivity index (χ0v) is 16.3. The van der Waals surface area contributed by atoms with Crippen LogP contribution in [0.15, 0.2) is 41.4 Å². The standard InChI is InChI=1S/C18H27N3O4S/c1-18(2,3)17-16(26(23,24)19-9-11-25-12-10-22)14-21(20-17)13-15-7-5-4-6-8-15/h4-8,14,19,22H,9-13H2,1-3H3. The Morgan fingerprint density at radius 1 is 1.19 bits per heavy atom. The second-order valence-corrected chi connectivity index (χ2v) is 8.74. The van der Waals surface area contributed by atoms with Crippen molar-refractivity contribution >= 4 is 10.0 Å². The first-order chi connectivity index (χ1) is 12.2. The molecular weight excluding hydrogens is 354 g/mol. The van der Waals surface area contributed by atoms with Crippen LogP contribution in [0.5, 0.6) is 0 Å². The lowest BCUT2D eigenvalue weighted by molar-refractivity contribution is 0.0961. The molecule has 144 valence electrons. The number of nitrogens with one attached hydrogen (secondary N) is 1. The van der Waals surface area contributed by atoms with E-state index in [-0.39, 0.29) is 31.3 Å². The summed E-state index contributed by atoms with van der Waals surface area (Å²) >= 11 is 0. The Kier molecular flexibility index (Phi) is 6.94. The Hall–Kier alpha value is -1.74. The van der Waals surface area contributed by atoms with Crippen molar-refractivity contribution in [3.8, 4) is 0 Å². The van der Waals surface area contributed by atoms with Crippen LogP contribution in [0.3, 0.4) is 0 Å². The highest BCUT2D eigenvalue weighted by Gasteiger charge is 2.29. The Morgan fingerprint density at radius 3 is 2.50 bits per heavy atom. The van der Waals surface area contributed by atoms with Crippen molar-refractivity contribution in [1.29, 1.82) is 0 Å². The Balaban J connectivity index is 2.22. The molecule has 0 spiro atoms. The van der Waals surface area contributed by atoms with Crippen molar-refractivity contribution in [2.24, 2.45) is 0 Å². The van der Waals surface area contributed by atoms with Gasteiger partial charge in [0.2, 0.25) is 10.0 Å². The number of nitrogens with zero attached hydrogens (tertiary/aromatic N) is 2. The largest absolute Gasteiger partial charge is 0.394 e. The van der Waals surface area contributed by atoms with Gasteiger partial charge in [0.15, 0.2) is 0 Å². The summed E-state index contributed by atoms with van der Waals surface area (Å²) in [6.45, 7) is 6.73. The molecule has 2 N–H and O–H groups in total. The molecule has 1 aromatic heterocycles. The van der Waals surface area contributed by atoms with Crippen LogP contribution >= 0.6 is 0 Å². The molecule has 0 aliphatic heterocycles. The monoisotopic (exact) mass is 381 g/mol. The molecule has 2 rings (SSSR count). The fourth-order valence-electron chi connectivity index (χ4n) is 2.46. The fourth-order valence-corrected chi connectivity index (χ4v) is 3.83. The topological polar surface area (TPSA) is 93.5 Å². The van der Waals surface area contributed by atoms with Crippen LogP contribution < -0.4 is 4.72 Å². The summed E-state index contributed by atoms with van der Waals surface area (Å²) in [5.41, 5.74) is 1.15. The Bertz CT molecular complexity index is 796. The van der Waals surface area contributed by atoms with Crippen LogP contribution in [0, 0.1) is 0 Å². The fraction of sp³-hybridized carbons (Fsp3) is 0.500. The summed E-state index contributed by atoms with van der Waals surface area (Å²) in [7, 11) is -3.71. The van der Waals surface area contributed by atoms with Gasteiger partial charge in [-0.05, 0) is 5.56 Å². The number of aliphatic hydroxyl groups is 1. The molecule has 0 radical (unpaired) electrons. The molecule has 0 bridgehead atoms. The Morgan fingerprint density at radius 2 is 1.88 bits per heavy atom. The lowest BCUT2D eigenvalue weighted by Gasteiger charge is -2.17. The molecule has 1 heterocycles. The molecule has 0 fully saturated rings. The van der Waals surface area contributed by atoms with Crippen LogP contribution in [0.25, 0.3) is 0 Å². The first-order valence-electron chi connectivity index (χ1n) is 8.54. The van der Waals surface area contributed by atoms with Crippen LogP contribution in [-0.2, 0) is 26.7 Å². The lowest BCUT2D eigenvalue weighted by atomic mass is 9.92. The zero-order chi connectivity index (χ0) is 19.2. The van der Waals surface area contributed by atoms with Gasteiger partial charge in [-0.2, -0.15) is 5.10 Å². The highest BCUT2D eigenvalue weighted by molar-refractivity contribution is 7.89. The number of aromatic nitrogens is 2. The van der Waals surface area contributed by atoms with Crippen molar-refractivity contribution in [2.75, 3.05) is 26.4 Å². The van der Waals surface area contributed by atoms with Crippen LogP contribution in [0.1, 0.15) is 32.0 Å². The van der Waals surface area contributed by atoms with Gasteiger partial charge in [0.1, 0.15) is 4.90 Å². The summed E-state index contributed by atoms with van der Waals surface area (Å²) in [4.78, 5) is 0.183. The average molecular weight is 381 g/mol. The summed E-state index contributed by atoms with van der Waals surface area (Å²) in [6, 6.07) is 9.77. The second kappa shape index (κ2) is 8.77. The first-order valence-corrected chi connectivity index (χ1v) is 10.0. The average Bonchev–Trinajstić information content (AvgIpc) is 3.01. The van der Waals surface area contributed by atoms with Crippen molar-refractivity contribution in [1.82, 2.24) is 14.5 Å². The molecule has 7 nitrogen and oxygen atoms in total. The third-order valence-corrected chi connectivity index (χ3v) is 5.15. The van der Waals surface area contributed by atoms with E-state index in [2.05, 4.69) is 9.82 Å². The third-order valence-electron chi connectivity index (χ3n) is 3.69. The van der Waals surface area contributed by atoms with Crippen LogP contribution in [-0.4, -0.2) is 49.7 Å². The van der Waals surface area contributed by atoms with E-state index in [4.69, 9.17) is 9.84 Å². The lowest BCUT2D eigenvalue weighted by Crippen LogP contribution is -2.29. The van der Waals surface area contributed by atoms with E-state index in [0.29, 0.717) is 12.2 Å². The van der Waals surface area contributed by atoms with Gasteiger partial charge in [-0.25, -0.2) is 13.1 Å². The first kappa shape index (κ1) is 20.6. The maximum Gasteiger partial charge on any atom is 0.244 e. The van der Waals surface area contributed by atoms with Crippen LogP contribution in [0.2, 0.25) is 0 Å². The van der Waals surface area contributed by atoms with E-state index in [1.165, 1.54) is 0 Å². The predicted molar refractivity (Wildman–Crippen MR) is 99.6 cm³/mol. The van der Waals surface area contributed by atoms with E-state index in [0.717, 1.165) is 5.56 Å². The Labute approximate surface area is 155 Å². The quantitative estimate of drug-likeness (QED) is 0.643. The number of ether oxygens (including phenoxy) is 1. The van der Waals surface area contributed by atoms with Gasteiger partial charge in [0.05, 0.1) is 32.1 Å². The van der Waals surface area contributed by atoms with Crippen molar-refractivity contribution in [3.05, 3.63) is 47.8 Å². The van der Waals surface area contributed by atoms with Gasteiger partial charge in [-0.1, -0.05) is 51.1 Å². The number of hydrogen-bond acceptors (Lipinski definition) is 5. The highest BCUT2D eigenvalue weighted by atomic mass is 32.2. The minimum Gasteiger partial charge on any atom is -0.394 e. The second-order valence-electron chi connectivity index (χ2n) is 7.01. The zero-order valence-electron chi connectivity index (χ0n) is 15.5. The molecule has 0 unspecified atom stereocenters. The third kappa shape index (κ3) is 5.63. The molecule has 8 heteroatoms. The summed E-state index contributed by atoms with van der Waals surface area (Å²) < 4.78 is 34.8. The maximum atomic E-state index is 12.7. The molecule has 0 atom stereocenters. The van der Waals surface area contributed by atoms with Crippen molar-refractivity contribution in [3.63, 3.8) is 0 Å².